The van der Waals surface area contributed by atoms with Gasteiger partial charge in [0, 0.05) is 0 Å². The third-order valence-electron chi connectivity index (χ3n) is 16.6. The monoisotopic (exact) mass is 974 g/mol. The summed E-state index contributed by atoms with van der Waals surface area (Å²) in [5.74, 6) is 0. The van der Waals surface area contributed by atoms with Gasteiger partial charge in [-0.3, -0.25) is 0 Å². The van der Waals surface area contributed by atoms with Crippen LogP contribution in [0.4, 0.5) is 0 Å². The van der Waals surface area contributed by atoms with E-state index in [9.17, 15) is 0 Å². The van der Waals surface area contributed by atoms with Crippen molar-refractivity contribution in [2.75, 3.05) is 0 Å². The number of fused-ring (bicyclic) bond motifs is 7. The second-order valence-corrected chi connectivity index (χ2v) is 20.6. The maximum Gasteiger partial charge on any atom is 0.0713 e. The molecule has 0 nitrogen and oxygen atoms in total. The van der Waals surface area contributed by atoms with E-state index in [1.54, 1.807) is 0 Å². The average molecular weight is 975 g/mol. The van der Waals surface area contributed by atoms with Gasteiger partial charge in [0.2, 0.25) is 0 Å². The maximum atomic E-state index is 2.43. The van der Waals surface area contributed by atoms with E-state index in [2.05, 4.69) is 303 Å². The minimum Gasteiger partial charge on any atom is -0.0622 e. The predicted octanol–water partition coefficient (Wildman–Crippen LogP) is 20.7. The molecule has 0 saturated heterocycles. The van der Waals surface area contributed by atoms with Crippen molar-refractivity contribution < 1.29 is 0 Å². The topological polar surface area (TPSA) is 0 Å². The summed E-state index contributed by atoms with van der Waals surface area (Å²) in [5, 5.41) is 10.0. The van der Waals surface area contributed by atoms with Gasteiger partial charge in [-0.05, 0) is 155 Å². The molecule has 0 atom stereocenters. The van der Waals surface area contributed by atoms with E-state index in [-0.39, 0.29) is 0 Å². The molecule has 0 amide bonds. The van der Waals surface area contributed by atoms with E-state index < -0.39 is 5.41 Å². The molecule has 358 valence electrons. The Bertz CT molecular complexity index is 4260. The molecule has 0 saturated carbocycles. The zero-order valence-electron chi connectivity index (χ0n) is 42.4. The van der Waals surface area contributed by atoms with Gasteiger partial charge in [-0.25, -0.2) is 0 Å². The highest BCUT2D eigenvalue weighted by molar-refractivity contribution is 6.23. The SMILES string of the molecule is c1ccc(-c2c3ccccc3c(-c3ccccc3)c3cc(-c4ccc(C5(c6ccc(-c7ccc8c(-c9ccccc9)c9ccccc9c(-c9ccccc9)c8c7)cc6)c6ccccc6-c6ccccc65)cc4)ccc23)cc1. The molecular weight excluding hydrogens is 925 g/mol. The Labute approximate surface area is 449 Å². The third-order valence-corrected chi connectivity index (χ3v) is 16.6. The van der Waals surface area contributed by atoms with E-state index in [1.165, 1.54) is 143 Å². The molecule has 0 spiro atoms. The molecular formula is C77H50. The van der Waals surface area contributed by atoms with Crippen LogP contribution in [0.2, 0.25) is 0 Å². The summed E-state index contributed by atoms with van der Waals surface area (Å²) < 4.78 is 0. The first kappa shape index (κ1) is 44.6. The van der Waals surface area contributed by atoms with Gasteiger partial charge in [-0.15, -0.1) is 0 Å². The number of hydrogen-bond donors (Lipinski definition) is 0. The standard InChI is InChI=1S/C77H50/c1-5-21-53(22-6-1)73-63-31-13-15-33-65(63)75(55-25-9-3-10-26-55)69-49-57(41-47-67(69)73)51-37-43-59(44-38-51)77(71-35-19-17-29-61(71)62-30-18-20-36-72(62)77)60-45-39-52(40-46-60)58-42-48-68-70(50-58)76(56-27-11-4-12-28-56)66-34-16-14-32-64(66)74(68)54-23-7-2-8-24-54/h1-50H. The Hall–Kier alpha value is -9.88. The Kier molecular flexibility index (Phi) is 10.5. The van der Waals surface area contributed by atoms with Gasteiger partial charge in [0.15, 0.2) is 0 Å². The van der Waals surface area contributed by atoms with Crippen LogP contribution < -0.4 is 0 Å². The number of benzene rings is 14. The lowest BCUT2D eigenvalue weighted by Gasteiger charge is -2.34. The fourth-order valence-electron chi connectivity index (χ4n) is 13.2. The molecule has 14 aromatic carbocycles. The van der Waals surface area contributed by atoms with Crippen molar-refractivity contribution in [3.63, 3.8) is 0 Å². The molecule has 1 aliphatic rings. The fraction of sp³-hybridized carbons (Fsp3) is 0.0130. The van der Waals surface area contributed by atoms with Crippen LogP contribution in [0.25, 0.3) is 121 Å². The molecule has 14 aromatic rings. The van der Waals surface area contributed by atoms with Crippen LogP contribution in [0.5, 0.6) is 0 Å². The van der Waals surface area contributed by atoms with Gasteiger partial charge in [0.05, 0.1) is 5.41 Å². The predicted molar refractivity (Wildman–Crippen MR) is 326 cm³/mol. The third kappa shape index (κ3) is 7.07. The molecule has 0 heteroatoms. The highest BCUT2D eigenvalue weighted by Gasteiger charge is 2.46. The quantitative estimate of drug-likeness (QED) is 0.133. The number of rotatable bonds is 8. The summed E-state index contributed by atoms with van der Waals surface area (Å²) in [4.78, 5) is 0. The molecule has 0 unspecified atom stereocenters. The molecule has 77 heavy (non-hydrogen) atoms. The summed E-state index contributed by atoms with van der Waals surface area (Å²) in [5.41, 5.74) is 21.8. The molecule has 0 heterocycles. The molecule has 0 aliphatic heterocycles. The molecule has 15 rings (SSSR count). The molecule has 0 fully saturated rings. The van der Waals surface area contributed by atoms with Gasteiger partial charge in [-0.1, -0.05) is 291 Å². The largest absolute Gasteiger partial charge is 0.0713 e. The Balaban J connectivity index is 0.888. The van der Waals surface area contributed by atoms with Crippen LogP contribution in [-0.2, 0) is 5.41 Å². The van der Waals surface area contributed by atoms with Gasteiger partial charge in [0.25, 0.3) is 0 Å². The van der Waals surface area contributed by atoms with E-state index in [1.807, 2.05) is 0 Å². The van der Waals surface area contributed by atoms with Crippen molar-refractivity contribution in [2.24, 2.45) is 0 Å². The van der Waals surface area contributed by atoms with Gasteiger partial charge in [0.1, 0.15) is 0 Å². The van der Waals surface area contributed by atoms with Crippen LogP contribution >= 0.6 is 0 Å². The van der Waals surface area contributed by atoms with E-state index in [0.717, 1.165) is 0 Å². The molecule has 1 aliphatic carbocycles. The second kappa shape index (κ2) is 18.2. The second-order valence-electron chi connectivity index (χ2n) is 20.6. The Morgan fingerprint density at radius 3 is 0.766 bits per heavy atom. The highest BCUT2D eigenvalue weighted by atomic mass is 14.5. The smallest absolute Gasteiger partial charge is 0.0622 e. The van der Waals surface area contributed by atoms with E-state index >= 15 is 0 Å². The van der Waals surface area contributed by atoms with Gasteiger partial charge >= 0.3 is 0 Å². The van der Waals surface area contributed by atoms with E-state index in [4.69, 9.17) is 0 Å². The van der Waals surface area contributed by atoms with Crippen LogP contribution in [0.1, 0.15) is 22.3 Å². The molecule has 0 bridgehead atoms. The fourth-order valence-corrected chi connectivity index (χ4v) is 13.2. The van der Waals surface area contributed by atoms with Crippen molar-refractivity contribution in [3.8, 4) is 77.9 Å². The maximum absolute atomic E-state index is 2.43. The van der Waals surface area contributed by atoms with Crippen LogP contribution in [0.15, 0.2) is 303 Å². The molecule has 0 N–H and O–H groups in total. The van der Waals surface area contributed by atoms with Gasteiger partial charge < -0.3 is 0 Å². The van der Waals surface area contributed by atoms with Crippen LogP contribution in [-0.4, -0.2) is 0 Å². The zero-order chi connectivity index (χ0) is 50.9. The van der Waals surface area contributed by atoms with E-state index in [0.29, 0.717) is 0 Å². The summed E-state index contributed by atoms with van der Waals surface area (Å²) in [6.07, 6.45) is 0. The first-order valence-electron chi connectivity index (χ1n) is 26.8. The Morgan fingerprint density at radius 2 is 0.429 bits per heavy atom. The molecule has 0 aromatic heterocycles. The first-order chi connectivity index (χ1) is 38.2. The summed E-state index contributed by atoms with van der Waals surface area (Å²) >= 11 is 0. The van der Waals surface area contributed by atoms with Gasteiger partial charge in [-0.2, -0.15) is 0 Å². The zero-order valence-corrected chi connectivity index (χ0v) is 42.4. The summed E-state index contributed by atoms with van der Waals surface area (Å²) in [7, 11) is 0. The summed E-state index contributed by atoms with van der Waals surface area (Å²) in [6.45, 7) is 0. The molecule has 0 radical (unpaired) electrons. The van der Waals surface area contributed by atoms with Crippen molar-refractivity contribution >= 4 is 43.1 Å². The van der Waals surface area contributed by atoms with Crippen molar-refractivity contribution in [1.82, 2.24) is 0 Å². The minimum absolute atomic E-state index is 0.551. The lowest BCUT2D eigenvalue weighted by atomic mass is 9.67. The Morgan fingerprint density at radius 1 is 0.169 bits per heavy atom. The first-order valence-corrected chi connectivity index (χ1v) is 26.8. The van der Waals surface area contributed by atoms with Crippen molar-refractivity contribution in [3.05, 3.63) is 326 Å². The number of hydrogen-bond acceptors (Lipinski definition) is 0. The lowest BCUT2D eigenvalue weighted by Crippen LogP contribution is -2.28. The summed E-state index contributed by atoms with van der Waals surface area (Å²) in [6, 6.07) is 113. The van der Waals surface area contributed by atoms with Crippen LogP contribution in [0.3, 0.4) is 0 Å². The lowest BCUT2D eigenvalue weighted by molar-refractivity contribution is 0.769. The normalized spacial score (nSPS) is 12.5. The van der Waals surface area contributed by atoms with Crippen molar-refractivity contribution in [1.29, 1.82) is 0 Å². The van der Waals surface area contributed by atoms with Crippen molar-refractivity contribution in [2.45, 2.75) is 5.41 Å². The van der Waals surface area contributed by atoms with Crippen LogP contribution in [0, 0.1) is 0 Å². The minimum atomic E-state index is -0.551. The average Bonchev–Trinajstić information content (AvgIpc) is 3.95. The highest BCUT2D eigenvalue weighted by Crippen LogP contribution is 2.57.